The normalized spacial score (nSPS) is 19.6. The van der Waals surface area contributed by atoms with E-state index in [4.69, 9.17) is 4.74 Å². The lowest BCUT2D eigenvalue weighted by atomic mass is 10.1. The molecule has 0 unspecified atom stereocenters. The molecule has 1 fully saturated rings. The molecule has 1 aliphatic rings. The van der Waals surface area contributed by atoms with Crippen LogP contribution in [-0.4, -0.2) is 25.1 Å². The Balaban J connectivity index is 2.19. The van der Waals surface area contributed by atoms with Crippen LogP contribution in [0, 0.1) is 0 Å². The molecule has 1 rings (SSSR count). The van der Waals surface area contributed by atoms with Crippen molar-refractivity contribution >= 4 is 5.94 Å². The van der Waals surface area contributed by atoms with E-state index in [1.807, 2.05) is 0 Å². The topological polar surface area (TPSA) is 38.3 Å². The molecule has 10 heavy (non-hydrogen) atoms. The largest absolute Gasteiger partial charge is 0.486 e. The first-order valence-corrected chi connectivity index (χ1v) is 3.49. The summed E-state index contributed by atoms with van der Waals surface area (Å²) in [7, 11) is 0. The SMILES string of the molecule is O=C=COC1CCNCC1. The number of nitrogens with one attached hydrogen (secondary N) is 1. The highest BCUT2D eigenvalue weighted by Gasteiger charge is 2.11. The molecule has 0 amide bonds. The number of hydrogen-bond acceptors (Lipinski definition) is 3. The van der Waals surface area contributed by atoms with Gasteiger partial charge in [-0.25, -0.2) is 4.79 Å². The van der Waals surface area contributed by atoms with Gasteiger partial charge in [0.15, 0.2) is 12.2 Å². The Labute approximate surface area is 60.1 Å². The molecule has 1 aliphatic heterocycles. The average molecular weight is 141 g/mol. The number of rotatable bonds is 2. The van der Waals surface area contributed by atoms with Crippen molar-refractivity contribution in [2.45, 2.75) is 18.9 Å². The van der Waals surface area contributed by atoms with Crippen LogP contribution in [0.15, 0.2) is 6.26 Å². The molecule has 0 radical (unpaired) electrons. The van der Waals surface area contributed by atoms with E-state index in [-0.39, 0.29) is 6.10 Å². The first-order valence-electron chi connectivity index (χ1n) is 3.49. The quantitative estimate of drug-likeness (QED) is 0.438. The Morgan fingerprint density at radius 3 is 2.80 bits per heavy atom. The van der Waals surface area contributed by atoms with Crippen molar-refractivity contribution in [2.75, 3.05) is 13.1 Å². The summed E-state index contributed by atoms with van der Waals surface area (Å²) >= 11 is 0. The van der Waals surface area contributed by atoms with Gasteiger partial charge in [-0.15, -0.1) is 0 Å². The second-order valence-corrected chi connectivity index (χ2v) is 2.32. The molecule has 3 heteroatoms. The van der Waals surface area contributed by atoms with Gasteiger partial charge in [-0.3, -0.25) is 0 Å². The molecular formula is C7H11NO2. The lowest BCUT2D eigenvalue weighted by Crippen LogP contribution is -2.31. The van der Waals surface area contributed by atoms with Gasteiger partial charge in [0.05, 0.1) is 0 Å². The van der Waals surface area contributed by atoms with Crippen LogP contribution in [0.5, 0.6) is 0 Å². The van der Waals surface area contributed by atoms with Crippen LogP contribution >= 0.6 is 0 Å². The van der Waals surface area contributed by atoms with Crippen molar-refractivity contribution in [3.05, 3.63) is 6.26 Å². The summed E-state index contributed by atoms with van der Waals surface area (Å²) in [4.78, 5) is 9.73. The fraction of sp³-hybridized carbons (Fsp3) is 0.714. The van der Waals surface area contributed by atoms with Crippen molar-refractivity contribution in [3.8, 4) is 0 Å². The summed E-state index contributed by atoms with van der Waals surface area (Å²) in [6.45, 7) is 1.97. The number of hydrogen-bond donors (Lipinski definition) is 1. The molecule has 0 bridgehead atoms. The van der Waals surface area contributed by atoms with E-state index in [0.29, 0.717) is 0 Å². The summed E-state index contributed by atoms with van der Waals surface area (Å²) in [6.07, 6.45) is 3.30. The molecule has 0 aromatic rings. The third kappa shape index (κ3) is 2.21. The zero-order valence-corrected chi connectivity index (χ0v) is 5.80. The molecule has 0 spiro atoms. The maximum absolute atomic E-state index is 9.73. The van der Waals surface area contributed by atoms with E-state index in [1.54, 1.807) is 5.94 Å². The smallest absolute Gasteiger partial charge is 0.167 e. The minimum atomic E-state index is 0.225. The Kier molecular flexibility index (Phi) is 3.00. The van der Waals surface area contributed by atoms with Gasteiger partial charge >= 0.3 is 0 Å². The van der Waals surface area contributed by atoms with E-state index in [9.17, 15) is 4.79 Å². The molecule has 1 heterocycles. The van der Waals surface area contributed by atoms with Gasteiger partial charge in [-0.1, -0.05) is 0 Å². The Morgan fingerprint density at radius 1 is 1.50 bits per heavy atom. The number of ether oxygens (including phenoxy) is 1. The van der Waals surface area contributed by atoms with Crippen LogP contribution in [0.3, 0.4) is 0 Å². The first kappa shape index (κ1) is 7.32. The minimum absolute atomic E-state index is 0.225. The molecule has 1 saturated heterocycles. The van der Waals surface area contributed by atoms with Gasteiger partial charge in [0, 0.05) is 0 Å². The summed E-state index contributed by atoms with van der Waals surface area (Å²) in [5.41, 5.74) is 0. The average Bonchev–Trinajstić information content (AvgIpc) is 2.03. The maximum Gasteiger partial charge on any atom is 0.167 e. The predicted molar refractivity (Wildman–Crippen MR) is 37.2 cm³/mol. The summed E-state index contributed by atoms with van der Waals surface area (Å²) in [5, 5.41) is 3.20. The Bertz CT molecular complexity index is 135. The zero-order chi connectivity index (χ0) is 7.23. The van der Waals surface area contributed by atoms with E-state index in [1.165, 1.54) is 0 Å². The highest BCUT2D eigenvalue weighted by Crippen LogP contribution is 2.06. The van der Waals surface area contributed by atoms with E-state index in [2.05, 4.69) is 5.32 Å². The highest BCUT2D eigenvalue weighted by atomic mass is 16.5. The minimum Gasteiger partial charge on any atom is -0.486 e. The van der Waals surface area contributed by atoms with Crippen molar-refractivity contribution in [2.24, 2.45) is 0 Å². The van der Waals surface area contributed by atoms with Gasteiger partial charge in [0.25, 0.3) is 0 Å². The predicted octanol–water partition coefficient (Wildman–Crippen LogP) is 0.100. The molecule has 0 aromatic heterocycles. The van der Waals surface area contributed by atoms with Gasteiger partial charge < -0.3 is 10.1 Å². The fourth-order valence-electron chi connectivity index (χ4n) is 1.06. The molecule has 1 N–H and O–H groups in total. The van der Waals surface area contributed by atoms with Crippen LogP contribution in [0.1, 0.15) is 12.8 Å². The highest BCUT2D eigenvalue weighted by molar-refractivity contribution is 5.42. The molecule has 3 nitrogen and oxygen atoms in total. The lowest BCUT2D eigenvalue weighted by Gasteiger charge is -2.20. The molecule has 0 aliphatic carbocycles. The molecule has 0 aromatic carbocycles. The maximum atomic E-state index is 9.73. The van der Waals surface area contributed by atoms with E-state index >= 15 is 0 Å². The van der Waals surface area contributed by atoms with Crippen molar-refractivity contribution in [1.29, 1.82) is 0 Å². The molecule has 0 atom stereocenters. The van der Waals surface area contributed by atoms with E-state index < -0.39 is 0 Å². The van der Waals surface area contributed by atoms with Crippen LogP contribution in [0.4, 0.5) is 0 Å². The van der Waals surface area contributed by atoms with Crippen LogP contribution in [0.25, 0.3) is 0 Å². The van der Waals surface area contributed by atoms with Crippen molar-refractivity contribution in [1.82, 2.24) is 5.32 Å². The number of piperidine rings is 1. The second-order valence-electron chi connectivity index (χ2n) is 2.32. The summed E-state index contributed by atoms with van der Waals surface area (Å²) in [5.74, 6) is 1.60. The molecule has 56 valence electrons. The van der Waals surface area contributed by atoms with Crippen molar-refractivity contribution in [3.63, 3.8) is 0 Å². The monoisotopic (exact) mass is 141 g/mol. The summed E-state index contributed by atoms with van der Waals surface area (Å²) < 4.78 is 5.04. The van der Waals surface area contributed by atoms with Crippen LogP contribution in [-0.2, 0) is 9.53 Å². The summed E-state index contributed by atoms with van der Waals surface area (Å²) in [6, 6.07) is 0. The standard InChI is InChI=1S/C7H11NO2/c9-5-6-10-7-1-3-8-4-2-7/h6-8H,1-4H2. The van der Waals surface area contributed by atoms with E-state index in [0.717, 1.165) is 32.2 Å². The third-order valence-corrected chi connectivity index (χ3v) is 1.59. The number of carbonyl (C=O) groups excluding carboxylic acids is 1. The lowest BCUT2D eigenvalue weighted by molar-refractivity contribution is 0.114. The van der Waals surface area contributed by atoms with Gasteiger partial charge in [-0.05, 0) is 25.9 Å². The van der Waals surface area contributed by atoms with Crippen LogP contribution in [0.2, 0.25) is 0 Å². The molecule has 0 saturated carbocycles. The van der Waals surface area contributed by atoms with Crippen LogP contribution < -0.4 is 5.32 Å². The fourth-order valence-corrected chi connectivity index (χ4v) is 1.06. The third-order valence-electron chi connectivity index (χ3n) is 1.59. The Morgan fingerprint density at radius 2 is 2.20 bits per heavy atom. The van der Waals surface area contributed by atoms with Gasteiger partial charge in [-0.2, -0.15) is 0 Å². The Hall–Kier alpha value is -0.790. The van der Waals surface area contributed by atoms with Gasteiger partial charge in [0.2, 0.25) is 0 Å². The van der Waals surface area contributed by atoms with Gasteiger partial charge in [0.1, 0.15) is 6.10 Å². The first-order chi connectivity index (χ1) is 4.93. The van der Waals surface area contributed by atoms with Crippen molar-refractivity contribution < 1.29 is 9.53 Å². The second kappa shape index (κ2) is 4.09. The molecular weight excluding hydrogens is 130 g/mol. The zero-order valence-electron chi connectivity index (χ0n) is 5.80.